The maximum atomic E-state index is 5.60. The third kappa shape index (κ3) is 6.99. The lowest BCUT2D eigenvalue weighted by molar-refractivity contribution is 0.0595. The van der Waals surface area contributed by atoms with Crippen LogP contribution in [0.15, 0.2) is 0 Å². The summed E-state index contributed by atoms with van der Waals surface area (Å²) in [4.78, 5) is 5.00. The highest BCUT2D eigenvalue weighted by atomic mass is 16.5. The first kappa shape index (κ1) is 14.9. The largest absolute Gasteiger partial charge is 0.383 e. The maximum Gasteiger partial charge on any atom is 0.0596 e. The van der Waals surface area contributed by atoms with Gasteiger partial charge in [-0.15, -0.1) is 0 Å². The maximum absolute atomic E-state index is 5.60. The van der Waals surface area contributed by atoms with Crippen LogP contribution in [-0.4, -0.2) is 75.5 Å². The van der Waals surface area contributed by atoms with Crippen molar-refractivity contribution in [1.82, 2.24) is 9.80 Å². The Hall–Kier alpha value is -0.160. The van der Waals surface area contributed by atoms with Crippen LogP contribution in [0.1, 0.15) is 20.3 Å². The second kappa shape index (κ2) is 8.86. The molecule has 0 aromatic carbocycles. The lowest BCUT2D eigenvalue weighted by atomic mass is 10.4. The van der Waals surface area contributed by atoms with Crippen molar-refractivity contribution in [3.05, 3.63) is 0 Å². The molecule has 4 heteroatoms. The van der Waals surface area contributed by atoms with Crippen LogP contribution >= 0.6 is 0 Å². The summed E-state index contributed by atoms with van der Waals surface area (Å²) in [6.07, 6.45) is 1.60. The van der Waals surface area contributed by atoms with E-state index in [1.54, 1.807) is 7.11 Å². The zero-order valence-electron chi connectivity index (χ0n) is 11.7. The second-order valence-electron chi connectivity index (χ2n) is 4.95. The molecular formula is C13H28N2O2. The summed E-state index contributed by atoms with van der Waals surface area (Å²) in [5, 5.41) is 0. The molecule has 0 aromatic heterocycles. The van der Waals surface area contributed by atoms with E-state index in [1.165, 1.54) is 19.5 Å². The van der Waals surface area contributed by atoms with Crippen molar-refractivity contribution in [2.45, 2.75) is 26.4 Å². The van der Waals surface area contributed by atoms with Crippen LogP contribution in [0.5, 0.6) is 0 Å². The van der Waals surface area contributed by atoms with E-state index in [2.05, 4.69) is 23.6 Å². The molecule has 1 saturated heterocycles. The predicted octanol–water partition coefficient (Wildman–Crippen LogP) is 1.07. The minimum Gasteiger partial charge on any atom is -0.383 e. The average molecular weight is 244 g/mol. The number of methoxy groups -OCH3 is 1. The van der Waals surface area contributed by atoms with Crippen molar-refractivity contribution in [3.63, 3.8) is 0 Å². The normalized spacial score (nSPS) is 19.8. The third-order valence-corrected chi connectivity index (χ3v) is 3.15. The van der Waals surface area contributed by atoms with Crippen LogP contribution in [0.4, 0.5) is 0 Å². The van der Waals surface area contributed by atoms with Crippen molar-refractivity contribution in [1.29, 1.82) is 0 Å². The summed E-state index contributed by atoms with van der Waals surface area (Å²) in [6.45, 7) is 12.7. The van der Waals surface area contributed by atoms with Gasteiger partial charge in [-0.2, -0.15) is 0 Å². The SMILES string of the molecule is COCCN1CCCN(CCOC(C)C)CC1. The molecule has 102 valence electrons. The zero-order valence-corrected chi connectivity index (χ0v) is 11.7. The van der Waals surface area contributed by atoms with Gasteiger partial charge in [-0.3, -0.25) is 9.80 Å². The first-order valence-corrected chi connectivity index (χ1v) is 6.77. The van der Waals surface area contributed by atoms with E-state index >= 15 is 0 Å². The van der Waals surface area contributed by atoms with E-state index in [1.807, 2.05) is 0 Å². The van der Waals surface area contributed by atoms with Gasteiger partial charge < -0.3 is 9.47 Å². The fraction of sp³-hybridized carbons (Fsp3) is 1.00. The van der Waals surface area contributed by atoms with Gasteiger partial charge in [0.2, 0.25) is 0 Å². The van der Waals surface area contributed by atoms with Crippen molar-refractivity contribution in [2.75, 3.05) is 59.6 Å². The van der Waals surface area contributed by atoms with Gasteiger partial charge >= 0.3 is 0 Å². The highest BCUT2D eigenvalue weighted by molar-refractivity contribution is 4.69. The minimum absolute atomic E-state index is 0.347. The van der Waals surface area contributed by atoms with E-state index in [4.69, 9.17) is 9.47 Å². The fourth-order valence-electron chi connectivity index (χ4n) is 2.11. The Balaban J connectivity index is 2.13. The molecule has 0 N–H and O–H groups in total. The molecule has 1 aliphatic heterocycles. The molecule has 1 fully saturated rings. The van der Waals surface area contributed by atoms with E-state index in [0.717, 1.165) is 39.4 Å². The number of ether oxygens (including phenoxy) is 2. The molecular weight excluding hydrogens is 216 g/mol. The highest BCUT2D eigenvalue weighted by Gasteiger charge is 2.14. The molecule has 4 nitrogen and oxygen atoms in total. The molecule has 0 aliphatic carbocycles. The number of nitrogens with zero attached hydrogens (tertiary/aromatic N) is 2. The Morgan fingerprint density at radius 3 is 2.06 bits per heavy atom. The summed E-state index contributed by atoms with van der Waals surface area (Å²) in [7, 11) is 1.77. The summed E-state index contributed by atoms with van der Waals surface area (Å²) in [5.74, 6) is 0. The summed E-state index contributed by atoms with van der Waals surface area (Å²) in [5.41, 5.74) is 0. The smallest absolute Gasteiger partial charge is 0.0596 e. The van der Waals surface area contributed by atoms with E-state index in [0.29, 0.717) is 6.10 Å². The van der Waals surface area contributed by atoms with Crippen molar-refractivity contribution in [3.8, 4) is 0 Å². The van der Waals surface area contributed by atoms with Crippen LogP contribution in [0.25, 0.3) is 0 Å². The molecule has 0 spiro atoms. The molecule has 1 heterocycles. The van der Waals surface area contributed by atoms with Gasteiger partial charge in [-0.05, 0) is 33.4 Å². The minimum atomic E-state index is 0.347. The van der Waals surface area contributed by atoms with E-state index < -0.39 is 0 Å². The van der Waals surface area contributed by atoms with Gasteiger partial charge in [0.05, 0.1) is 19.3 Å². The standard InChI is InChI=1S/C13H28N2O2/c1-13(2)17-12-10-15-6-4-5-14(7-8-15)9-11-16-3/h13H,4-12H2,1-3H3. The Kier molecular flexibility index (Phi) is 7.77. The molecule has 1 aliphatic rings. The molecule has 0 saturated carbocycles. The Bertz CT molecular complexity index is 188. The Morgan fingerprint density at radius 2 is 1.53 bits per heavy atom. The first-order valence-electron chi connectivity index (χ1n) is 6.77. The number of hydrogen-bond donors (Lipinski definition) is 0. The lowest BCUT2D eigenvalue weighted by Gasteiger charge is -2.21. The monoisotopic (exact) mass is 244 g/mol. The summed E-state index contributed by atoms with van der Waals surface area (Å²) >= 11 is 0. The number of rotatable bonds is 7. The van der Waals surface area contributed by atoms with E-state index in [-0.39, 0.29) is 0 Å². The average Bonchev–Trinajstić information content (AvgIpc) is 2.51. The lowest BCUT2D eigenvalue weighted by Crippen LogP contribution is -2.34. The third-order valence-electron chi connectivity index (χ3n) is 3.15. The molecule has 0 unspecified atom stereocenters. The Labute approximate surface area is 106 Å². The molecule has 17 heavy (non-hydrogen) atoms. The zero-order chi connectivity index (χ0) is 12.5. The van der Waals surface area contributed by atoms with Crippen LogP contribution in [-0.2, 0) is 9.47 Å². The van der Waals surface area contributed by atoms with E-state index in [9.17, 15) is 0 Å². The molecule has 1 rings (SSSR count). The predicted molar refractivity (Wildman–Crippen MR) is 70.5 cm³/mol. The van der Waals surface area contributed by atoms with Gasteiger partial charge in [-0.25, -0.2) is 0 Å². The first-order chi connectivity index (χ1) is 8.22. The molecule has 0 aromatic rings. The van der Waals surface area contributed by atoms with Crippen molar-refractivity contribution in [2.24, 2.45) is 0 Å². The highest BCUT2D eigenvalue weighted by Crippen LogP contribution is 2.03. The summed E-state index contributed by atoms with van der Waals surface area (Å²) in [6, 6.07) is 0. The molecule has 0 amide bonds. The van der Waals surface area contributed by atoms with Crippen LogP contribution in [0.2, 0.25) is 0 Å². The molecule has 0 bridgehead atoms. The molecule has 0 radical (unpaired) electrons. The van der Waals surface area contributed by atoms with Gasteiger partial charge in [0.25, 0.3) is 0 Å². The quantitative estimate of drug-likeness (QED) is 0.669. The number of hydrogen-bond acceptors (Lipinski definition) is 4. The van der Waals surface area contributed by atoms with Crippen LogP contribution < -0.4 is 0 Å². The Morgan fingerprint density at radius 1 is 0.941 bits per heavy atom. The summed E-state index contributed by atoms with van der Waals surface area (Å²) < 4.78 is 10.7. The fourth-order valence-corrected chi connectivity index (χ4v) is 2.11. The van der Waals surface area contributed by atoms with Gasteiger partial charge in [0.15, 0.2) is 0 Å². The second-order valence-corrected chi connectivity index (χ2v) is 4.95. The topological polar surface area (TPSA) is 24.9 Å². The molecule has 0 atom stereocenters. The van der Waals surface area contributed by atoms with Crippen LogP contribution in [0, 0.1) is 0 Å². The van der Waals surface area contributed by atoms with Crippen LogP contribution in [0.3, 0.4) is 0 Å². The van der Waals surface area contributed by atoms with Gasteiger partial charge in [-0.1, -0.05) is 0 Å². The van der Waals surface area contributed by atoms with Gasteiger partial charge in [0.1, 0.15) is 0 Å². The van der Waals surface area contributed by atoms with Crippen molar-refractivity contribution >= 4 is 0 Å². The van der Waals surface area contributed by atoms with Crippen molar-refractivity contribution < 1.29 is 9.47 Å². The van der Waals surface area contributed by atoms with Gasteiger partial charge in [0, 0.05) is 33.3 Å².